The van der Waals surface area contributed by atoms with E-state index >= 15 is 0 Å². The van der Waals surface area contributed by atoms with E-state index in [4.69, 9.17) is 9.15 Å². The van der Waals surface area contributed by atoms with E-state index < -0.39 is 24.5 Å². The fourth-order valence-corrected chi connectivity index (χ4v) is 3.45. The van der Waals surface area contributed by atoms with Crippen molar-refractivity contribution >= 4 is 29.2 Å². The first kappa shape index (κ1) is 20.3. The van der Waals surface area contributed by atoms with E-state index in [0.717, 1.165) is 0 Å². The normalized spacial score (nSPS) is 15.6. The third kappa shape index (κ3) is 4.32. The van der Waals surface area contributed by atoms with Gasteiger partial charge in [-0.2, -0.15) is 0 Å². The van der Waals surface area contributed by atoms with Crippen molar-refractivity contribution in [2.24, 2.45) is 0 Å². The summed E-state index contributed by atoms with van der Waals surface area (Å²) in [6.07, 6.45) is 0.119. The molecule has 3 aromatic rings. The van der Waals surface area contributed by atoms with E-state index in [2.05, 4.69) is 5.32 Å². The molecule has 0 saturated carbocycles. The van der Waals surface area contributed by atoms with Gasteiger partial charge in [0.15, 0.2) is 6.61 Å². The Bertz CT molecular complexity index is 1140. The van der Waals surface area contributed by atoms with Crippen LogP contribution in [-0.4, -0.2) is 30.4 Å². The Morgan fingerprint density at radius 2 is 1.87 bits per heavy atom. The molecule has 1 aromatic heterocycles. The summed E-state index contributed by atoms with van der Waals surface area (Å²) in [6, 6.07) is 15.2. The molecular weight excluding hydrogens is 403 g/mol. The second-order valence-corrected chi connectivity index (χ2v) is 7.13. The van der Waals surface area contributed by atoms with E-state index in [1.54, 1.807) is 37.3 Å². The molecule has 1 aliphatic rings. The Balaban J connectivity index is 1.45. The van der Waals surface area contributed by atoms with E-state index in [0.29, 0.717) is 22.7 Å². The number of anilines is 2. The highest BCUT2D eigenvalue weighted by molar-refractivity contribution is 6.05. The number of rotatable bonds is 4. The minimum atomic E-state index is -0.799. The lowest BCUT2D eigenvalue weighted by atomic mass is 10.1. The van der Waals surface area contributed by atoms with Crippen molar-refractivity contribution in [3.05, 3.63) is 72.2 Å². The van der Waals surface area contributed by atoms with Crippen molar-refractivity contribution in [2.45, 2.75) is 19.4 Å². The number of furan rings is 1. The van der Waals surface area contributed by atoms with Gasteiger partial charge in [-0.05, 0) is 55.5 Å². The van der Waals surface area contributed by atoms with Gasteiger partial charge in [-0.3, -0.25) is 9.59 Å². The van der Waals surface area contributed by atoms with Gasteiger partial charge in [-0.25, -0.2) is 9.18 Å². The highest BCUT2D eigenvalue weighted by atomic mass is 19.1. The maximum absolute atomic E-state index is 13.1. The van der Waals surface area contributed by atoms with Gasteiger partial charge < -0.3 is 19.4 Å². The van der Waals surface area contributed by atoms with Crippen molar-refractivity contribution in [3.63, 3.8) is 0 Å². The molecule has 1 atom stereocenters. The second kappa shape index (κ2) is 8.43. The number of para-hydroxylation sites is 2. The lowest BCUT2D eigenvalue weighted by Crippen LogP contribution is -2.41. The van der Waals surface area contributed by atoms with Crippen LogP contribution in [0.15, 0.2) is 65.1 Å². The van der Waals surface area contributed by atoms with Crippen molar-refractivity contribution in [2.75, 3.05) is 16.8 Å². The first-order valence-electron chi connectivity index (χ1n) is 9.66. The molecule has 0 spiro atoms. The smallest absolute Gasteiger partial charge is 0.374 e. The number of hydrogen-bond acceptors (Lipinski definition) is 5. The molecule has 4 rings (SSSR count). The van der Waals surface area contributed by atoms with Gasteiger partial charge in [0.1, 0.15) is 11.6 Å². The molecular formula is C23H19FN2O5. The summed E-state index contributed by atoms with van der Waals surface area (Å²) in [7, 11) is 0. The minimum Gasteiger partial charge on any atom is -0.450 e. The lowest BCUT2D eigenvalue weighted by Gasteiger charge is -2.27. The van der Waals surface area contributed by atoms with Gasteiger partial charge in [-0.1, -0.05) is 12.1 Å². The number of carbonyl (C=O) groups excluding carboxylic acids is 3. The van der Waals surface area contributed by atoms with Gasteiger partial charge in [0, 0.05) is 18.0 Å². The van der Waals surface area contributed by atoms with Crippen molar-refractivity contribution in [1.29, 1.82) is 0 Å². The van der Waals surface area contributed by atoms with E-state index in [-0.39, 0.29) is 23.9 Å². The number of esters is 1. The van der Waals surface area contributed by atoms with Gasteiger partial charge in [0.05, 0.1) is 11.4 Å². The molecule has 2 amide bonds. The van der Waals surface area contributed by atoms with Crippen LogP contribution in [0.4, 0.5) is 15.8 Å². The first-order chi connectivity index (χ1) is 14.9. The summed E-state index contributed by atoms with van der Waals surface area (Å²) in [5, 5.41) is 2.77. The average molecular weight is 422 g/mol. The number of benzene rings is 2. The monoisotopic (exact) mass is 422 g/mol. The summed E-state index contributed by atoms with van der Waals surface area (Å²) in [5.41, 5.74) is 1.66. The highest BCUT2D eigenvalue weighted by Crippen LogP contribution is 2.31. The minimum absolute atomic E-state index is 0.0757. The van der Waals surface area contributed by atoms with Crippen LogP contribution in [0.3, 0.4) is 0 Å². The number of carbonyl (C=O) groups is 3. The SMILES string of the molecule is C[C@@H]1CC(=O)Nc2ccccc2N1C(=O)COC(=O)c1ccc(-c2ccc(F)cc2)o1. The number of halogens is 1. The quantitative estimate of drug-likeness (QED) is 0.642. The highest BCUT2D eigenvalue weighted by Gasteiger charge is 2.30. The number of nitrogens with one attached hydrogen (secondary N) is 1. The summed E-state index contributed by atoms with van der Waals surface area (Å²) in [4.78, 5) is 38.7. The summed E-state index contributed by atoms with van der Waals surface area (Å²) >= 11 is 0. The molecule has 0 radical (unpaired) electrons. The number of amides is 2. The Hall–Kier alpha value is -3.94. The maximum atomic E-state index is 13.1. The van der Waals surface area contributed by atoms with Crippen LogP contribution in [0, 0.1) is 5.82 Å². The summed E-state index contributed by atoms with van der Waals surface area (Å²) in [5.74, 6) is -1.54. The molecule has 2 heterocycles. The number of ether oxygens (including phenoxy) is 1. The zero-order chi connectivity index (χ0) is 22.0. The summed E-state index contributed by atoms with van der Waals surface area (Å²) < 4.78 is 23.7. The van der Waals surface area contributed by atoms with Gasteiger partial charge in [0.2, 0.25) is 11.7 Å². The molecule has 31 heavy (non-hydrogen) atoms. The van der Waals surface area contributed by atoms with Crippen LogP contribution >= 0.6 is 0 Å². The van der Waals surface area contributed by atoms with E-state index in [1.807, 2.05) is 0 Å². The van der Waals surface area contributed by atoms with Crippen molar-refractivity contribution in [1.82, 2.24) is 0 Å². The number of fused-ring (bicyclic) bond motifs is 1. The van der Waals surface area contributed by atoms with Crippen molar-refractivity contribution < 1.29 is 27.9 Å². The summed E-state index contributed by atoms with van der Waals surface area (Å²) in [6.45, 7) is 1.24. The average Bonchev–Trinajstić information content (AvgIpc) is 3.19. The van der Waals surface area contributed by atoms with Crippen LogP contribution in [0.1, 0.15) is 23.9 Å². The van der Waals surface area contributed by atoms with Crippen LogP contribution in [0.5, 0.6) is 0 Å². The maximum Gasteiger partial charge on any atom is 0.374 e. The van der Waals surface area contributed by atoms with E-state index in [9.17, 15) is 18.8 Å². The van der Waals surface area contributed by atoms with Gasteiger partial charge in [0.25, 0.3) is 5.91 Å². The molecule has 0 fully saturated rings. The molecule has 0 saturated heterocycles. The molecule has 8 heteroatoms. The molecule has 1 N–H and O–H groups in total. The Kier molecular flexibility index (Phi) is 5.53. The molecule has 0 bridgehead atoms. The zero-order valence-electron chi connectivity index (χ0n) is 16.6. The zero-order valence-corrected chi connectivity index (χ0v) is 16.6. The Morgan fingerprint density at radius 3 is 2.65 bits per heavy atom. The van der Waals surface area contributed by atoms with Crippen molar-refractivity contribution in [3.8, 4) is 11.3 Å². The third-order valence-electron chi connectivity index (χ3n) is 4.89. The van der Waals surface area contributed by atoms with Crippen LogP contribution in [-0.2, 0) is 14.3 Å². The fraction of sp³-hybridized carbons (Fsp3) is 0.174. The molecule has 1 aliphatic heterocycles. The van der Waals surface area contributed by atoms with Crippen LogP contribution < -0.4 is 10.2 Å². The molecule has 0 unspecified atom stereocenters. The molecule has 7 nitrogen and oxygen atoms in total. The first-order valence-corrected chi connectivity index (χ1v) is 9.66. The van der Waals surface area contributed by atoms with Crippen LogP contribution in [0.25, 0.3) is 11.3 Å². The second-order valence-electron chi connectivity index (χ2n) is 7.13. The molecule has 0 aliphatic carbocycles. The Morgan fingerprint density at radius 1 is 1.13 bits per heavy atom. The van der Waals surface area contributed by atoms with Gasteiger partial charge >= 0.3 is 5.97 Å². The largest absolute Gasteiger partial charge is 0.450 e. The lowest BCUT2D eigenvalue weighted by molar-refractivity contribution is -0.122. The third-order valence-corrected chi connectivity index (χ3v) is 4.89. The topological polar surface area (TPSA) is 88.9 Å². The fourth-order valence-electron chi connectivity index (χ4n) is 3.45. The van der Waals surface area contributed by atoms with E-state index in [1.165, 1.54) is 35.2 Å². The standard InChI is InChI=1S/C23H19FN2O5/c1-14-12-21(27)25-17-4-2-3-5-18(17)26(14)22(28)13-30-23(29)20-11-10-19(31-20)15-6-8-16(24)9-7-15/h2-11,14H,12-13H2,1H3,(H,25,27)/t14-/m1/s1. The predicted molar refractivity (Wildman–Crippen MR) is 111 cm³/mol. The Labute approximate surface area is 177 Å². The number of hydrogen-bond donors (Lipinski definition) is 1. The predicted octanol–water partition coefficient (Wildman–Crippen LogP) is 4.01. The van der Waals surface area contributed by atoms with Gasteiger partial charge in [-0.15, -0.1) is 0 Å². The number of nitrogens with zero attached hydrogens (tertiary/aromatic N) is 1. The molecule has 158 valence electrons. The molecule has 2 aromatic carbocycles. The van der Waals surface area contributed by atoms with Crippen LogP contribution in [0.2, 0.25) is 0 Å².